The van der Waals surface area contributed by atoms with E-state index in [2.05, 4.69) is 180 Å². The molecule has 0 amide bonds. The Morgan fingerprint density at radius 1 is 0.592 bits per heavy atom. The monoisotopic (exact) mass is 629 g/mol. The number of pyridine rings is 1. The van der Waals surface area contributed by atoms with Gasteiger partial charge in [0.25, 0.3) is 0 Å². The molecule has 0 bridgehead atoms. The van der Waals surface area contributed by atoms with Gasteiger partial charge in [-0.3, -0.25) is 4.98 Å². The molecule has 0 saturated carbocycles. The lowest BCUT2D eigenvalue weighted by atomic mass is 9.82. The molecule has 0 spiro atoms. The van der Waals surface area contributed by atoms with Gasteiger partial charge in [0, 0.05) is 57.9 Å². The fraction of sp³-hybridized carbons (Fsp3) is 0.109. The topological polar surface area (TPSA) is 21.1 Å². The van der Waals surface area contributed by atoms with E-state index < -0.39 is 0 Å². The Balaban J connectivity index is 1.15. The van der Waals surface area contributed by atoms with Gasteiger partial charge in [-0.1, -0.05) is 117 Å². The molecule has 7 aromatic rings. The third-order valence-corrected chi connectivity index (χ3v) is 11.1. The van der Waals surface area contributed by atoms with Crippen LogP contribution in [0.4, 0.5) is 11.4 Å². The Kier molecular flexibility index (Phi) is 6.05. The van der Waals surface area contributed by atoms with E-state index in [-0.39, 0.29) is 17.4 Å². The van der Waals surface area contributed by atoms with Crippen LogP contribution < -0.4 is 4.90 Å². The summed E-state index contributed by atoms with van der Waals surface area (Å²) in [6.45, 7) is 4.69. The highest BCUT2D eigenvalue weighted by molar-refractivity contribution is 5.97. The SMILES string of the molecule is CC1(C)c2ccccc2-c2cc(-c3cccc(N4c5ccccc5-c5ccc6ccn(-c7ccncc7)c6c5C5C=CC=CC54)c3)ccc21. The van der Waals surface area contributed by atoms with Crippen molar-refractivity contribution >= 4 is 22.3 Å². The summed E-state index contributed by atoms with van der Waals surface area (Å²) in [5.41, 5.74) is 16.6. The lowest BCUT2D eigenvalue weighted by molar-refractivity contribution is 0.660. The van der Waals surface area contributed by atoms with Gasteiger partial charge < -0.3 is 9.47 Å². The van der Waals surface area contributed by atoms with Crippen LogP contribution in [0.2, 0.25) is 0 Å². The summed E-state index contributed by atoms with van der Waals surface area (Å²) in [4.78, 5) is 6.87. The molecule has 2 atom stereocenters. The first-order valence-electron chi connectivity index (χ1n) is 17.2. The third kappa shape index (κ3) is 4.12. The molecule has 49 heavy (non-hydrogen) atoms. The lowest BCUT2D eigenvalue weighted by Crippen LogP contribution is -2.34. The molecule has 3 aliphatic rings. The van der Waals surface area contributed by atoms with Gasteiger partial charge in [0.2, 0.25) is 0 Å². The lowest BCUT2D eigenvalue weighted by Gasteiger charge is -2.36. The van der Waals surface area contributed by atoms with Crippen LogP contribution in [0.3, 0.4) is 0 Å². The van der Waals surface area contributed by atoms with Crippen LogP contribution in [0, 0.1) is 0 Å². The molecule has 3 heteroatoms. The highest BCUT2D eigenvalue weighted by atomic mass is 15.2. The summed E-state index contributed by atoms with van der Waals surface area (Å²) in [5.74, 6) is 0.133. The van der Waals surface area contributed by atoms with Gasteiger partial charge in [-0.25, -0.2) is 0 Å². The zero-order valence-electron chi connectivity index (χ0n) is 27.6. The Labute approximate surface area is 287 Å². The average Bonchev–Trinajstić information content (AvgIpc) is 3.65. The summed E-state index contributed by atoms with van der Waals surface area (Å²) in [6, 6.07) is 45.2. The molecule has 0 radical (unpaired) electrons. The molecule has 10 rings (SSSR count). The molecule has 3 nitrogen and oxygen atoms in total. The molecule has 234 valence electrons. The molecule has 3 heterocycles. The summed E-state index contributed by atoms with van der Waals surface area (Å²) >= 11 is 0. The number of nitrogens with zero attached hydrogens (tertiary/aromatic N) is 3. The second kappa shape index (κ2) is 10.5. The van der Waals surface area contributed by atoms with Crippen LogP contribution in [0.15, 0.2) is 164 Å². The first kappa shape index (κ1) is 28.1. The molecule has 0 fully saturated rings. The van der Waals surface area contributed by atoms with Crippen molar-refractivity contribution in [2.24, 2.45) is 0 Å². The summed E-state index contributed by atoms with van der Waals surface area (Å²) in [5, 5.41) is 1.24. The van der Waals surface area contributed by atoms with E-state index >= 15 is 0 Å². The van der Waals surface area contributed by atoms with Gasteiger partial charge in [-0.2, -0.15) is 0 Å². The first-order chi connectivity index (χ1) is 24.1. The zero-order chi connectivity index (χ0) is 32.7. The van der Waals surface area contributed by atoms with E-state index in [0.717, 1.165) is 5.69 Å². The molecule has 2 aromatic heterocycles. The van der Waals surface area contributed by atoms with Gasteiger partial charge in [-0.15, -0.1) is 0 Å². The minimum atomic E-state index is -0.00437. The average molecular weight is 630 g/mol. The van der Waals surface area contributed by atoms with E-state index in [9.17, 15) is 0 Å². The predicted molar refractivity (Wildman–Crippen MR) is 203 cm³/mol. The Morgan fingerprint density at radius 2 is 1.37 bits per heavy atom. The van der Waals surface area contributed by atoms with E-state index in [1.165, 1.54) is 72.3 Å². The van der Waals surface area contributed by atoms with Crippen LogP contribution in [-0.4, -0.2) is 15.6 Å². The molecule has 2 aliphatic carbocycles. The fourth-order valence-corrected chi connectivity index (χ4v) is 8.78. The molecule has 0 saturated heterocycles. The number of allylic oxidation sites excluding steroid dienone is 2. The minimum Gasteiger partial charge on any atom is -0.333 e. The van der Waals surface area contributed by atoms with Crippen molar-refractivity contribution in [1.29, 1.82) is 0 Å². The smallest absolute Gasteiger partial charge is 0.0629 e. The summed E-state index contributed by atoms with van der Waals surface area (Å²) in [7, 11) is 0. The second-order valence-corrected chi connectivity index (χ2v) is 14.0. The number of anilines is 2. The normalized spacial score (nSPS) is 18.0. The molecule has 1 aliphatic heterocycles. The second-order valence-electron chi connectivity index (χ2n) is 14.0. The maximum atomic E-state index is 4.30. The van der Waals surface area contributed by atoms with Gasteiger partial charge in [0.15, 0.2) is 0 Å². The minimum absolute atomic E-state index is 0.00437. The highest BCUT2D eigenvalue weighted by Gasteiger charge is 2.37. The van der Waals surface area contributed by atoms with Crippen LogP contribution >= 0.6 is 0 Å². The first-order valence-corrected chi connectivity index (χ1v) is 17.2. The molecular formula is C46H35N3. The van der Waals surface area contributed by atoms with Crippen molar-refractivity contribution in [1.82, 2.24) is 9.55 Å². The quantitative estimate of drug-likeness (QED) is 0.194. The summed E-state index contributed by atoms with van der Waals surface area (Å²) < 4.78 is 2.34. The summed E-state index contributed by atoms with van der Waals surface area (Å²) in [6.07, 6.45) is 15.2. The third-order valence-electron chi connectivity index (χ3n) is 11.1. The Morgan fingerprint density at radius 3 is 2.27 bits per heavy atom. The predicted octanol–water partition coefficient (Wildman–Crippen LogP) is 11.4. The van der Waals surface area contributed by atoms with Gasteiger partial charge in [0.05, 0.1) is 11.6 Å². The van der Waals surface area contributed by atoms with Crippen LogP contribution in [0.25, 0.3) is 50.0 Å². The number of benzene rings is 5. The maximum absolute atomic E-state index is 4.30. The van der Waals surface area contributed by atoms with E-state index in [0.29, 0.717) is 0 Å². The standard InChI is InChI=1S/C46H35N3/c1-46(2)40-15-6-3-12-35(40)39-29-32(19-21-41(39)46)31-10-9-11-34(28-31)49-42-16-7-4-13-36(42)37-20-18-30-24-27-48(33-22-25-47-26-23-33)45(30)44(37)38-14-5-8-17-43(38)49/h3-29,38,43H,1-2H3. The number of para-hydroxylation sites is 1. The fourth-order valence-electron chi connectivity index (χ4n) is 8.78. The van der Waals surface area contributed by atoms with Gasteiger partial charge in [-0.05, 0) is 87.0 Å². The Bertz CT molecular complexity index is 2500. The number of aromatic nitrogens is 2. The van der Waals surface area contributed by atoms with Crippen LogP contribution in [0.1, 0.15) is 36.5 Å². The van der Waals surface area contributed by atoms with Crippen molar-refractivity contribution < 1.29 is 0 Å². The van der Waals surface area contributed by atoms with E-state index in [1.54, 1.807) is 0 Å². The van der Waals surface area contributed by atoms with Crippen LogP contribution in [0.5, 0.6) is 0 Å². The zero-order valence-corrected chi connectivity index (χ0v) is 27.6. The van der Waals surface area contributed by atoms with Crippen molar-refractivity contribution in [3.63, 3.8) is 0 Å². The molecule has 5 aromatic carbocycles. The largest absolute Gasteiger partial charge is 0.333 e. The molecule has 0 N–H and O–H groups in total. The van der Waals surface area contributed by atoms with Crippen molar-refractivity contribution in [2.75, 3.05) is 4.90 Å². The van der Waals surface area contributed by atoms with Gasteiger partial charge in [0.1, 0.15) is 0 Å². The van der Waals surface area contributed by atoms with Crippen molar-refractivity contribution in [3.05, 3.63) is 181 Å². The Hall–Kier alpha value is -5.93. The van der Waals surface area contributed by atoms with E-state index in [4.69, 9.17) is 0 Å². The number of hydrogen-bond donors (Lipinski definition) is 0. The maximum Gasteiger partial charge on any atom is 0.0629 e. The number of rotatable bonds is 3. The number of hydrogen-bond acceptors (Lipinski definition) is 2. The number of fused-ring (bicyclic) bond motifs is 10. The van der Waals surface area contributed by atoms with Crippen LogP contribution in [-0.2, 0) is 5.41 Å². The molecule has 2 unspecified atom stereocenters. The highest BCUT2D eigenvalue weighted by Crippen LogP contribution is 2.52. The van der Waals surface area contributed by atoms with Gasteiger partial charge >= 0.3 is 0 Å². The van der Waals surface area contributed by atoms with Crippen molar-refractivity contribution in [2.45, 2.75) is 31.2 Å². The van der Waals surface area contributed by atoms with E-state index in [1.807, 2.05) is 12.4 Å². The van der Waals surface area contributed by atoms with Crippen molar-refractivity contribution in [3.8, 4) is 39.1 Å². The molecular weight excluding hydrogens is 595 g/mol.